The van der Waals surface area contributed by atoms with E-state index in [2.05, 4.69) is 20.4 Å². The van der Waals surface area contributed by atoms with Gasteiger partial charge in [0.25, 0.3) is 5.95 Å². The Kier molecular flexibility index (Phi) is 4.61. The monoisotopic (exact) mass is 335 g/mol. The number of nitrogens with one attached hydrogen (secondary N) is 1. The number of rotatable bonds is 4. The van der Waals surface area contributed by atoms with Crippen LogP contribution in [0.3, 0.4) is 0 Å². The number of aromatic nitrogens is 4. The van der Waals surface area contributed by atoms with Gasteiger partial charge in [-0.2, -0.15) is 5.10 Å². The van der Waals surface area contributed by atoms with E-state index in [1.54, 1.807) is 4.68 Å². The summed E-state index contributed by atoms with van der Waals surface area (Å²) in [6.45, 7) is 7.69. The third-order valence-corrected chi connectivity index (χ3v) is 4.00. The zero-order valence-corrected chi connectivity index (χ0v) is 14.9. The van der Waals surface area contributed by atoms with E-state index in [1.807, 2.05) is 64.1 Å². The van der Waals surface area contributed by atoms with Crippen molar-refractivity contribution in [3.63, 3.8) is 0 Å². The minimum atomic E-state index is -0.0710. The van der Waals surface area contributed by atoms with Crippen molar-refractivity contribution in [1.29, 1.82) is 0 Å². The van der Waals surface area contributed by atoms with Crippen LogP contribution in [0.1, 0.15) is 28.3 Å². The molecule has 0 bridgehead atoms. The van der Waals surface area contributed by atoms with Crippen molar-refractivity contribution in [3.05, 3.63) is 64.7 Å². The van der Waals surface area contributed by atoms with Gasteiger partial charge < -0.3 is 5.32 Å². The maximum atomic E-state index is 12.4. The van der Waals surface area contributed by atoms with Crippen molar-refractivity contribution < 1.29 is 4.79 Å². The first kappa shape index (κ1) is 16.8. The summed E-state index contributed by atoms with van der Waals surface area (Å²) >= 11 is 0. The highest BCUT2D eigenvalue weighted by Crippen LogP contribution is 2.18. The van der Waals surface area contributed by atoms with Crippen LogP contribution in [0.25, 0.3) is 5.95 Å². The standard InChI is InChI=1S/C19H21N5O/c1-12-10-13(2)21-19(20-12)24-15(4)17(14(3)23-24)11-18(25)22-16-8-6-5-7-9-16/h5-10H,11H2,1-4H3,(H,22,25). The minimum absolute atomic E-state index is 0.0710. The normalized spacial score (nSPS) is 10.7. The smallest absolute Gasteiger partial charge is 0.251 e. The highest BCUT2D eigenvalue weighted by atomic mass is 16.1. The molecule has 0 saturated heterocycles. The molecule has 1 N–H and O–H groups in total. The molecule has 0 fully saturated rings. The molecule has 0 radical (unpaired) electrons. The van der Waals surface area contributed by atoms with Crippen molar-refractivity contribution >= 4 is 11.6 Å². The number of nitrogens with zero attached hydrogens (tertiary/aromatic N) is 4. The Labute approximate surface area is 146 Å². The van der Waals surface area contributed by atoms with Crippen LogP contribution < -0.4 is 5.32 Å². The van der Waals surface area contributed by atoms with Crippen LogP contribution in [0.5, 0.6) is 0 Å². The van der Waals surface area contributed by atoms with E-state index >= 15 is 0 Å². The molecule has 1 aromatic carbocycles. The van der Waals surface area contributed by atoms with Crippen LogP contribution in [0.15, 0.2) is 36.4 Å². The molecular weight excluding hydrogens is 314 g/mol. The highest BCUT2D eigenvalue weighted by molar-refractivity contribution is 5.92. The average Bonchev–Trinajstić information content (AvgIpc) is 2.83. The number of hydrogen-bond acceptors (Lipinski definition) is 4. The number of para-hydroxylation sites is 1. The SMILES string of the molecule is Cc1cc(C)nc(-n2nc(C)c(CC(=O)Nc3ccccc3)c2C)n1. The van der Waals surface area contributed by atoms with Crippen LogP contribution in [-0.4, -0.2) is 25.7 Å². The Morgan fingerprint density at radius 3 is 2.32 bits per heavy atom. The van der Waals surface area contributed by atoms with Gasteiger partial charge in [0.2, 0.25) is 5.91 Å². The molecule has 25 heavy (non-hydrogen) atoms. The Morgan fingerprint density at radius 1 is 1.04 bits per heavy atom. The highest BCUT2D eigenvalue weighted by Gasteiger charge is 2.17. The van der Waals surface area contributed by atoms with Gasteiger partial charge in [0.05, 0.1) is 12.1 Å². The Hall–Kier alpha value is -3.02. The van der Waals surface area contributed by atoms with Gasteiger partial charge in [-0.05, 0) is 45.9 Å². The van der Waals surface area contributed by atoms with Crippen LogP contribution in [0.2, 0.25) is 0 Å². The molecule has 2 heterocycles. The van der Waals surface area contributed by atoms with Gasteiger partial charge in [-0.15, -0.1) is 0 Å². The molecule has 0 unspecified atom stereocenters. The first-order valence-electron chi connectivity index (χ1n) is 8.16. The second-order valence-electron chi connectivity index (χ2n) is 6.10. The molecule has 0 spiro atoms. The van der Waals surface area contributed by atoms with Crippen molar-refractivity contribution in [3.8, 4) is 5.95 Å². The van der Waals surface area contributed by atoms with Gasteiger partial charge >= 0.3 is 0 Å². The third-order valence-electron chi connectivity index (χ3n) is 4.00. The lowest BCUT2D eigenvalue weighted by Crippen LogP contribution is -2.15. The number of hydrogen-bond donors (Lipinski definition) is 1. The summed E-state index contributed by atoms with van der Waals surface area (Å²) in [5, 5.41) is 7.44. The summed E-state index contributed by atoms with van der Waals surface area (Å²) in [4.78, 5) is 21.3. The lowest BCUT2D eigenvalue weighted by molar-refractivity contribution is -0.115. The number of amides is 1. The largest absolute Gasteiger partial charge is 0.326 e. The van der Waals surface area contributed by atoms with Gasteiger partial charge in [0.15, 0.2) is 0 Å². The number of carbonyl (C=O) groups excluding carboxylic acids is 1. The van der Waals surface area contributed by atoms with E-state index in [-0.39, 0.29) is 12.3 Å². The van der Waals surface area contributed by atoms with Crippen molar-refractivity contribution in [2.45, 2.75) is 34.1 Å². The predicted octanol–water partition coefficient (Wildman–Crippen LogP) is 3.08. The summed E-state index contributed by atoms with van der Waals surface area (Å²) in [5.41, 5.74) is 5.15. The Morgan fingerprint density at radius 2 is 1.68 bits per heavy atom. The first-order chi connectivity index (χ1) is 11.9. The number of aryl methyl sites for hydroxylation is 3. The van der Waals surface area contributed by atoms with Crippen molar-refractivity contribution in [1.82, 2.24) is 19.7 Å². The quantitative estimate of drug-likeness (QED) is 0.795. The topological polar surface area (TPSA) is 72.7 Å². The molecule has 128 valence electrons. The van der Waals surface area contributed by atoms with Crippen LogP contribution >= 0.6 is 0 Å². The molecule has 6 heteroatoms. The summed E-state index contributed by atoms with van der Waals surface area (Å²) in [6.07, 6.45) is 0.261. The van der Waals surface area contributed by atoms with Crippen molar-refractivity contribution in [2.75, 3.05) is 5.32 Å². The van der Waals surface area contributed by atoms with E-state index in [9.17, 15) is 4.79 Å². The van der Waals surface area contributed by atoms with E-state index in [1.165, 1.54) is 0 Å². The lowest BCUT2D eigenvalue weighted by atomic mass is 10.1. The fourth-order valence-corrected chi connectivity index (χ4v) is 2.81. The number of benzene rings is 1. The van der Waals surface area contributed by atoms with E-state index in [4.69, 9.17) is 0 Å². The van der Waals surface area contributed by atoms with Crippen molar-refractivity contribution in [2.24, 2.45) is 0 Å². The fraction of sp³-hybridized carbons (Fsp3) is 0.263. The third kappa shape index (κ3) is 3.74. The second kappa shape index (κ2) is 6.84. The maximum Gasteiger partial charge on any atom is 0.251 e. The molecule has 0 aliphatic heterocycles. The second-order valence-corrected chi connectivity index (χ2v) is 6.10. The fourth-order valence-electron chi connectivity index (χ4n) is 2.81. The molecule has 0 saturated carbocycles. The lowest BCUT2D eigenvalue weighted by Gasteiger charge is -2.07. The Bertz CT molecular complexity index is 895. The molecule has 0 aliphatic carbocycles. The summed E-state index contributed by atoms with van der Waals surface area (Å²) in [6, 6.07) is 11.3. The van der Waals surface area contributed by atoms with E-state index in [0.717, 1.165) is 34.0 Å². The van der Waals surface area contributed by atoms with Crippen LogP contribution in [0, 0.1) is 27.7 Å². The molecule has 3 aromatic rings. The molecule has 0 atom stereocenters. The van der Waals surface area contributed by atoms with Crippen LogP contribution in [-0.2, 0) is 11.2 Å². The van der Waals surface area contributed by atoms with E-state index < -0.39 is 0 Å². The van der Waals surface area contributed by atoms with Crippen LogP contribution in [0.4, 0.5) is 5.69 Å². The molecule has 6 nitrogen and oxygen atoms in total. The predicted molar refractivity (Wildman–Crippen MR) is 96.9 cm³/mol. The van der Waals surface area contributed by atoms with Gasteiger partial charge in [0, 0.05) is 28.3 Å². The number of anilines is 1. The first-order valence-corrected chi connectivity index (χ1v) is 8.16. The summed E-state index contributed by atoms with van der Waals surface area (Å²) in [7, 11) is 0. The molecule has 2 aromatic heterocycles. The summed E-state index contributed by atoms with van der Waals surface area (Å²) in [5.74, 6) is 0.464. The summed E-state index contributed by atoms with van der Waals surface area (Å²) < 4.78 is 1.71. The number of carbonyl (C=O) groups is 1. The zero-order chi connectivity index (χ0) is 18.0. The van der Waals surface area contributed by atoms with Gasteiger partial charge in [-0.1, -0.05) is 18.2 Å². The average molecular weight is 335 g/mol. The minimum Gasteiger partial charge on any atom is -0.326 e. The van der Waals surface area contributed by atoms with Gasteiger partial charge in [-0.25, -0.2) is 14.6 Å². The molecule has 1 amide bonds. The molecule has 0 aliphatic rings. The van der Waals surface area contributed by atoms with Gasteiger partial charge in [0.1, 0.15) is 0 Å². The molecule has 3 rings (SSSR count). The Balaban J connectivity index is 1.86. The van der Waals surface area contributed by atoms with E-state index in [0.29, 0.717) is 5.95 Å². The molecular formula is C19H21N5O. The maximum absolute atomic E-state index is 12.4. The zero-order valence-electron chi connectivity index (χ0n) is 14.9. The van der Waals surface area contributed by atoms with Gasteiger partial charge in [-0.3, -0.25) is 4.79 Å².